The van der Waals surface area contributed by atoms with Crippen LogP contribution < -0.4 is 5.43 Å². The van der Waals surface area contributed by atoms with E-state index in [2.05, 4.69) is 45.8 Å². The van der Waals surface area contributed by atoms with E-state index in [0.717, 1.165) is 47.9 Å². The standard InChI is InChI=1S/C22H23N3O/c26-22(14-18-15-23-21-9-5-4-8-20(18)21)25-24-19-12-10-17(11-13-19)16-6-2-1-3-7-16/h1-9,15,17,23H,10-14H2,(H,25,26). The number of benzene rings is 2. The second kappa shape index (κ2) is 7.56. The average molecular weight is 345 g/mol. The van der Waals surface area contributed by atoms with Crippen molar-refractivity contribution in [1.82, 2.24) is 10.4 Å². The van der Waals surface area contributed by atoms with Gasteiger partial charge >= 0.3 is 0 Å². The Bertz CT molecular complexity index is 917. The van der Waals surface area contributed by atoms with Crippen molar-refractivity contribution in [2.75, 3.05) is 0 Å². The first-order valence-corrected chi connectivity index (χ1v) is 9.24. The van der Waals surface area contributed by atoms with E-state index in [1.807, 2.05) is 30.5 Å². The van der Waals surface area contributed by atoms with Crippen LogP contribution in [0.2, 0.25) is 0 Å². The fourth-order valence-electron chi connectivity index (χ4n) is 3.75. The number of amides is 1. The van der Waals surface area contributed by atoms with Gasteiger partial charge in [0.15, 0.2) is 0 Å². The van der Waals surface area contributed by atoms with E-state index in [9.17, 15) is 4.79 Å². The minimum atomic E-state index is -0.0626. The molecule has 3 aromatic rings. The molecule has 1 heterocycles. The summed E-state index contributed by atoms with van der Waals surface area (Å²) in [5, 5.41) is 5.47. The van der Waals surface area contributed by atoms with Crippen molar-refractivity contribution in [2.24, 2.45) is 5.10 Å². The van der Waals surface area contributed by atoms with Crippen LogP contribution in [0.25, 0.3) is 10.9 Å². The Kier molecular flexibility index (Phi) is 4.82. The first-order valence-electron chi connectivity index (χ1n) is 9.24. The number of hydrogen-bond donors (Lipinski definition) is 2. The lowest BCUT2D eigenvalue weighted by molar-refractivity contribution is -0.120. The molecule has 4 rings (SSSR count). The molecule has 2 N–H and O–H groups in total. The second-order valence-electron chi connectivity index (χ2n) is 6.93. The number of H-pyrrole nitrogens is 1. The van der Waals surface area contributed by atoms with Crippen molar-refractivity contribution in [3.8, 4) is 0 Å². The van der Waals surface area contributed by atoms with Crippen LogP contribution in [0.5, 0.6) is 0 Å². The SMILES string of the molecule is O=C(Cc1c[nH]c2ccccc12)NN=C1CCC(c2ccccc2)CC1. The maximum atomic E-state index is 12.3. The largest absolute Gasteiger partial charge is 0.361 e. The molecule has 0 unspecified atom stereocenters. The molecule has 1 aromatic heterocycles. The van der Waals surface area contributed by atoms with Gasteiger partial charge in [-0.2, -0.15) is 5.10 Å². The predicted molar refractivity (Wildman–Crippen MR) is 105 cm³/mol. The average Bonchev–Trinajstić information content (AvgIpc) is 3.10. The Labute approximate surface area is 153 Å². The lowest BCUT2D eigenvalue weighted by atomic mass is 9.83. The van der Waals surface area contributed by atoms with Crippen LogP contribution in [0.1, 0.15) is 42.7 Å². The third-order valence-electron chi connectivity index (χ3n) is 5.20. The maximum Gasteiger partial charge on any atom is 0.244 e. The molecule has 0 saturated heterocycles. The highest BCUT2D eigenvalue weighted by Crippen LogP contribution is 2.31. The monoisotopic (exact) mass is 345 g/mol. The van der Waals surface area contributed by atoms with Crippen LogP contribution in [-0.2, 0) is 11.2 Å². The van der Waals surface area contributed by atoms with Crippen molar-refractivity contribution in [2.45, 2.75) is 38.0 Å². The quantitative estimate of drug-likeness (QED) is 0.670. The molecule has 0 atom stereocenters. The van der Waals surface area contributed by atoms with Crippen molar-refractivity contribution in [1.29, 1.82) is 0 Å². The van der Waals surface area contributed by atoms with Gasteiger partial charge in [-0.1, -0.05) is 48.5 Å². The molecule has 26 heavy (non-hydrogen) atoms. The fourth-order valence-corrected chi connectivity index (χ4v) is 3.75. The smallest absolute Gasteiger partial charge is 0.244 e. The van der Waals surface area contributed by atoms with Gasteiger partial charge in [-0.3, -0.25) is 4.79 Å². The van der Waals surface area contributed by atoms with Crippen LogP contribution >= 0.6 is 0 Å². The molecule has 0 aliphatic heterocycles. The molecule has 132 valence electrons. The van der Waals surface area contributed by atoms with Crippen molar-refractivity contribution < 1.29 is 4.79 Å². The van der Waals surface area contributed by atoms with Gasteiger partial charge in [-0.25, -0.2) is 5.43 Å². The first kappa shape index (κ1) is 16.6. The van der Waals surface area contributed by atoms with Crippen LogP contribution in [0.15, 0.2) is 65.9 Å². The third kappa shape index (κ3) is 3.69. The Morgan fingerprint density at radius 3 is 2.58 bits per heavy atom. The van der Waals surface area contributed by atoms with E-state index >= 15 is 0 Å². The van der Waals surface area contributed by atoms with Crippen molar-refractivity contribution in [3.05, 3.63) is 71.9 Å². The minimum Gasteiger partial charge on any atom is -0.361 e. The van der Waals surface area contributed by atoms with E-state index in [4.69, 9.17) is 0 Å². The minimum absolute atomic E-state index is 0.0626. The maximum absolute atomic E-state index is 12.3. The van der Waals surface area contributed by atoms with Crippen molar-refractivity contribution in [3.63, 3.8) is 0 Å². The molecule has 0 bridgehead atoms. The third-order valence-corrected chi connectivity index (χ3v) is 5.20. The van der Waals surface area contributed by atoms with E-state index in [1.54, 1.807) is 0 Å². The van der Waals surface area contributed by atoms with Crippen LogP contribution in [0.3, 0.4) is 0 Å². The van der Waals surface area contributed by atoms with Crippen LogP contribution in [0.4, 0.5) is 0 Å². The Morgan fingerprint density at radius 2 is 1.77 bits per heavy atom. The van der Waals surface area contributed by atoms with Crippen molar-refractivity contribution >= 4 is 22.5 Å². The molecular formula is C22H23N3O. The number of aromatic nitrogens is 1. The molecule has 1 aliphatic carbocycles. The van der Waals surface area contributed by atoms with E-state index in [-0.39, 0.29) is 5.91 Å². The highest BCUT2D eigenvalue weighted by molar-refractivity contribution is 5.90. The Morgan fingerprint density at radius 1 is 1.04 bits per heavy atom. The second-order valence-corrected chi connectivity index (χ2v) is 6.93. The van der Waals surface area contributed by atoms with Gasteiger partial charge in [-0.05, 0) is 48.8 Å². The summed E-state index contributed by atoms with van der Waals surface area (Å²) in [7, 11) is 0. The van der Waals surface area contributed by atoms with Gasteiger partial charge in [0, 0.05) is 22.8 Å². The summed E-state index contributed by atoms with van der Waals surface area (Å²) in [6, 6.07) is 18.7. The normalized spacial score (nSPS) is 17.2. The first-order chi connectivity index (χ1) is 12.8. The summed E-state index contributed by atoms with van der Waals surface area (Å²) >= 11 is 0. The summed E-state index contributed by atoms with van der Waals surface area (Å²) in [5.74, 6) is 0.546. The van der Waals surface area contributed by atoms with E-state index < -0.39 is 0 Å². The number of hydrogen-bond acceptors (Lipinski definition) is 2. The highest BCUT2D eigenvalue weighted by atomic mass is 16.2. The van der Waals surface area contributed by atoms with Gasteiger partial charge in [0.25, 0.3) is 0 Å². The summed E-state index contributed by atoms with van der Waals surface area (Å²) in [6.07, 6.45) is 6.35. The van der Waals surface area contributed by atoms with Crippen LogP contribution in [-0.4, -0.2) is 16.6 Å². The Hall–Kier alpha value is -2.88. The number of fused-ring (bicyclic) bond motifs is 1. The number of aromatic amines is 1. The molecule has 0 spiro atoms. The van der Waals surface area contributed by atoms with E-state index in [0.29, 0.717) is 12.3 Å². The van der Waals surface area contributed by atoms with Gasteiger partial charge in [0.05, 0.1) is 6.42 Å². The number of rotatable bonds is 4. The molecule has 1 aliphatic rings. The number of carbonyl (C=O) groups is 1. The number of hydrazone groups is 1. The van der Waals surface area contributed by atoms with Gasteiger partial charge in [0.1, 0.15) is 0 Å². The molecule has 4 heteroatoms. The van der Waals surface area contributed by atoms with Crippen LogP contribution in [0, 0.1) is 0 Å². The van der Waals surface area contributed by atoms with Gasteiger partial charge in [0.2, 0.25) is 5.91 Å². The molecular weight excluding hydrogens is 322 g/mol. The van der Waals surface area contributed by atoms with E-state index in [1.165, 1.54) is 5.56 Å². The fraction of sp³-hybridized carbons (Fsp3) is 0.273. The molecule has 4 nitrogen and oxygen atoms in total. The lowest BCUT2D eigenvalue weighted by Crippen LogP contribution is -2.23. The molecule has 0 radical (unpaired) electrons. The summed E-state index contributed by atoms with van der Waals surface area (Å²) in [5.41, 5.74) is 7.32. The van der Waals surface area contributed by atoms with Gasteiger partial charge < -0.3 is 4.98 Å². The Balaban J connectivity index is 1.32. The zero-order valence-electron chi connectivity index (χ0n) is 14.7. The molecule has 1 saturated carbocycles. The summed E-state index contributed by atoms with van der Waals surface area (Å²) in [6.45, 7) is 0. The molecule has 1 fully saturated rings. The number of nitrogens with one attached hydrogen (secondary N) is 2. The van der Waals surface area contributed by atoms with Gasteiger partial charge in [-0.15, -0.1) is 0 Å². The number of nitrogens with zero attached hydrogens (tertiary/aromatic N) is 1. The molecule has 2 aromatic carbocycles. The zero-order valence-corrected chi connectivity index (χ0v) is 14.7. The zero-order chi connectivity index (χ0) is 17.8. The predicted octanol–water partition coefficient (Wildman–Crippen LogP) is 4.54. The molecule has 1 amide bonds. The lowest BCUT2D eigenvalue weighted by Gasteiger charge is -2.23. The number of carbonyl (C=O) groups excluding carboxylic acids is 1. The highest BCUT2D eigenvalue weighted by Gasteiger charge is 2.19. The summed E-state index contributed by atoms with van der Waals surface area (Å²) < 4.78 is 0. The summed E-state index contributed by atoms with van der Waals surface area (Å²) in [4.78, 5) is 15.5. The topological polar surface area (TPSA) is 57.2 Å². The number of para-hydroxylation sites is 1.